The zero-order valence-electron chi connectivity index (χ0n) is 16.2. The van der Waals surface area contributed by atoms with E-state index >= 15 is 0 Å². The number of guanidine groups is 1. The van der Waals surface area contributed by atoms with Gasteiger partial charge in [0.1, 0.15) is 0 Å². The highest BCUT2D eigenvalue weighted by Crippen LogP contribution is 2.27. The van der Waals surface area contributed by atoms with Crippen molar-refractivity contribution in [3.8, 4) is 11.5 Å². The lowest BCUT2D eigenvalue weighted by atomic mass is 10.1. The summed E-state index contributed by atoms with van der Waals surface area (Å²) in [5, 5.41) is 6.59. The second-order valence-electron chi connectivity index (χ2n) is 6.10. The van der Waals surface area contributed by atoms with E-state index in [1.165, 1.54) is 5.56 Å². The Labute approximate surface area is 152 Å². The van der Waals surface area contributed by atoms with Crippen LogP contribution < -0.4 is 20.1 Å². The largest absolute Gasteiger partial charge is 0.493 e. The molecule has 1 aromatic rings. The highest BCUT2D eigenvalue weighted by molar-refractivity contribution is 5.79. The maximum Gasteiger partial charge on any atom is 0.191 e. The monoisotopic (exact) mass is 351 g/mol. The van der Waals surface area contributed by atoms with Gasteiger partial charge in [0.15, 0.2) is 17.5 Å². The zero-order chi connectivity index (χ0) is 18.5. The summed E-state index contributed by atoms with van der Waals surface area (Å²) in [4.78, 5) is 4.53. The van der Waals surface area contributed by atoms with Gasteiger partial charge in [0.2, 0.25) is 0 Å². The van der Waals surface area contributed by atoms with Crippen LogP contribution in [0.25, 0.3) is 0 Å². The summed E-state index contributed by atoms with van der Waals surface area (Å²) in [5.74, 6) is 2.87. The van der Waals surface area contributed by atoms with E-state index in [0.717, 1.165) is 43.6 Å². The van der Waals surface area contributed by atoms with Crippen molar-refractivity contribution in [3.63, 3.8) is 0 Å². The van der Waals surface area contributed by atoms with Gasteiger partial charge in [-0.1, -0.05) is 19.9 Å². The van der Waals surface area contributed by atoms with Crippen molar-refractivity contribution in [1.29, 1.82) is 0 Å². The lowest BCUT2D eigenvalue weighted by molar-refractivity contribution is 0.117. The lowest BCUT2D eigenvalue weighted by Crippen LogP contribution is -2.38. The van der Waals surface area contributed by atoms with Gasteiger partial charge >= 0.3 is 0 Å². The fourth-order valence-electron chi connectivity index (χ4n) is 2.24. The fourth-order valence-corrected chi connectivity index (χ4v) is 2.24. The fraction of sp³-hybridized carbons (Fsp3) is 0.632. The van der Waals surface area contributed by atoms with Crippen LogP contribution in [0.3, 0.4) is 0 Å². The minimum atomic E-state index is 0.553. The molecule has 0 heterocycles. The molecular weight excluding hydrogens is 318 g/mol. The number of ether oxygens (including phenoxy) is 3. The average Bonchev–Trinajstić information content (AvgIpc) is 2.60. The molecule has 1 aromatic carbocycles. The van der Waals surface area contributed by atoms with Crippen LogP contribution in [0.4, 0.5) is 0 Å². The topological polar surface area (TPSA) is 64.1 Å². The summed E-state index contributed by atoms with van der Waals surface area (Å²) in [6, 6.07) is 5.98. The predicted octanol–water partition coefficient (Wildman–Crippen LogP) is 2.47. The molecule has 2 N–H and O–H groups in total. The van der Waals surface area contributed by atoms with Crippen LogP contribution in [0.15, 0.2) is 23.2 Å². The van der Waals surface area contributed by atoms with Crippen LogP contribution in [0.1, 0.15) is 26.3 Å². The lowest BCUT2D eigenvalue weighted by Gasteiger charge is -2.13. The second-order valence-corrected chi connectivity index (χ2v) is 6.10. The Bertz CT molecular complexity index is 519. The van der Waals surface area contributed by atoms with Crippen LogP contribution in [-0.4, -0.2) is 53.0 Å². The standard InChI is InChI=1S/C19H33N3O3/c1-6-20-19(22-11-12-25-14-15(2)3)21-10-9-16-7-8-17(23-4)18(13-16)24-5/h7-8,13,15H,6,9-12,14H2,1-5H3,(H2,20,21,22). The first-order valence-corrected chi connectivity index (χ1v) is 8.91. The molecule has 0 saturated heterocycles. The van der Waals surface area contributed by atoms with Crippen LogP contribution >= 0.6 is 0 Å². The summed E-state index contributed by atoms with van der Waals surface area (Å²) in [6.45, 7) is 10.0. The number of hydrogen-bond acceptors (Lipinski definition) is 4. The van der Waals surface area contributed by atoms with E-state index in [1.54, 1.807) is 14.2 Å². The number of aliphatic imine (C=N–C) groups is 1. The molecule has 25 heavy (non-hydrogen) atoms. The average molecular weight is 351 g/mol. The van der Waals surface area contributed by atoms with Crippen molar-refractivity contribution in [1.82, 2.24) is 10.6 Å². The summed E-state index contributed by atoms with van der Waals surface area (Å²) in [6.07, 6.45) is 0.870. The Morgan fingerprint density at radius 2 is 1.88 bits per heavy atom. The summed E-state index contributed by atoms with van der Waals surface area (Å²) in [5.41, 5.74) is 1.18. The zero-order valence-corrected chi connectivity index (χ0v) is 16.2. The third-order valence-electron chi connectivity index (χ3n) is 3.46. The highest BCUT2D eigenvalue weighted by atomic mass is 16.5. The van der Waals surface area contributed by atoms with Gasteiger partial charge in [-0.25, -0.2) is 0 Å². The Kier molecular flexibility index (Phi) is 10.5. The molecule has 0 aliphatic rings. The van der Waals surface area contributed by atoms with E-state index in [2.05, 4.69) is 36.4 Å². The number of methoxy groups -OCH3 is 2. The molecular formula is C19H33N3O3. The van der Waals surface area contributed by atoms with Crippen molar-refractivity contribution in [2.24, 2.45) is 10.9 Å². The van der Waals surface area contributed by atoms with Gasteiger partial charge in [-0.05, 0) is 37.0 Å². The number of nitrogens with one attached hydrogen (secondary N) is 2. The van der Waals surface area contributed by atoms with Gasteiger partial charge in [-0.15, -0.1) is 0 Å². The molecule has 6 heteroatoms. The van der Waals surface area contributed by atoms with Gasteiger partial charge in [-0.2, -0.15) is 0 Å². The molecule has 1 rings (SSSR count). The van der Waals surface area contributed by atoms with Crippen molar-refractivity contribution < 1.29 is 14.2 Å². The smallest absolute Gasteiger partial charge is 0.191 e. The van der Waals surface area contributed by atoms with Gasteiger partial charge < -0.3 is 24.8 Å². The molecule has 0 aliphatic carbocycles. The number of benzene rings is 1. The molecule has 0 unspecified atom stereocenters. The molecule has 0 spiro atoms. The van der Waals surface area contributed by atoms with Crippen molar-refractivity contribution in [2.45, 2.75) is 27.2 Å². The van der Waals surface area contributed by atoms with E-state index in [9.17, 15) is 0 Å². The van der Waals surface area contributed by atoms with E-state index in [0.29, 0.717) is 19.1 Å². The third-order valence-corrected chi connectivity index (χ3v) is 3.46. The SMILES string of the molecule is CCNC(=NCCOCC(C)C)NCCc1ccc(OC)c(OC)c1. The first-order valence-electron chi connectivity index (χ1n) is 8.91. The Hall–Kier alpha value is -1.95. The molecule has 6 nitrogen and oxygen atoms in total. The van der Waals surface area contributed by atoms with Crippen molar-refractivity contribution >= 4 is 5.96 Å². The minimum absolute atomic E-state index is 0.553. The number of nitrogens with zero attached hydrogens (tertiary/aromatic N) is 1. The second kappa shape index (κ2) is 12.4. The van der Waals surface area contributed by atoms with Gasteiger partial charge in [0, 0.05) is 19.7 Å². The molecule has 0 aromatic heterocycles. The number of rotatable bonds is 11. The first kappa shape index (κ1) is 21.1. The van der Waals surface area contributed by atoms with Crippen molar-refractivity contribution in [3.05, 3.63) is 23.8 Å². The van der Waals surface area contributed by atoms with E-state index in [4.69, 9.17) is 14.2 Å². The molecule has 142 valence electrons. The first-order chi connectivity index (χ1) is 12.1. The van der Waals surface area contributed by atoms with Gasteiger partial charge in [-0.3, -0.25) is 4.99 Å². The van der Waals surface area contributed by atoms with E-state index in [-0.39, 0.29) is 0 Å². The van der Waals surface area contributed by atoms with Gasteiger partial charge in [0.05, 0.1) is 27.4 Å². The van der Waals surface area contributed by atoms with Crippen LogP contribution in [-0.2, 0) is 11.2 Å². The summed E-state index contributed by atoms with van der Waals surface area (Å²) >= 11 is 0. The summed E-state index contributed by atoms with van der Waals surface area (Å²) in [7, 11) is 3.29. The molecule has 0 radical (unpaired) electrons. The third kappa shape index (κ3) is 8.63. The van der Waals surface area contributed by atoms with Crippen LogP contribution in [0.5, 0.6) is 11.5 Å². The predicted molar refractivity (Wildman–Crippen MR) is 103 cm³/mol. The quantitative estimate of drug-likeness (QED) is 0.364. The molecule has 0 amide bonds. The van der Waals surface area contributed by atoms with Gasteiger partial charge in [0.25, 0.3) is 0 Å². The van der Waals surface area contributed by atoms with Crippen LogP contribution in [0, 0.1) is 5.92 Å². The Morgan fingerprint density at radius 1 is 1.12 bits per heavy atom. The Morgan fingerprint density at radius 3 is 2.52 bits per heavy atom. The molecule has 0 atom stereocenters. The molecule has 0 fully saturated rings. The summed E-state index contributed by atoms with van der Waals surface area (Å²) < 4.78 is 16.2. The Balaban J connectivity index is 2.44. The molecule has 0 bridgehead atoms. The van der Waals surface area contributed by atoms with E-state index in [1.807, 2.05) is 18.2 Å². The molecule has 0 saturated carbocycles. The molecule has 0 aliphatic heterocycles. The van der Waals surface area contributed by atoms with Crippen LogP contribution in [0.2, 0.25) is 0 Å². The maximum atomic E-state index is 5.56. The number of hydrogen-bond donors (Lipinski definition) is 2. The highest BCUT2D eigenvalue weighted by Gasteiger charge is 2.05. The maximum absolute atomic E-state index is 5.56. The van der Waals surface area contributed by atoms with Crippen molar-refractivity contribution in [2.75, 3.05) is 47.1 Å². The normalized spacial score (nSPS) is 11.5. The van der Waals surface area contributed by atoms with E-state index < -0.39 is 0 Å². The minimum Gasteiger partial charge on any atom is -0.493 e.